The molecule has 2 nitrogen and oxygen atoms in total. The molecule has 14 heavy (non-hydrogen) atoms. The van der Waals surface area contributed by atoms with Gasteiger partial charge in [0.1, 0.15) is 0 Å². The predicted octanol–water partition coefficient (Wildman–Crippen LogP) is 3.05. The van der Waals surface area contributed by atoms with Gasteiger partial charge in [-0.15, -0.1) is 0 Å². The average molecular weight is 328 g/mol. The van der Waals surface area contributed by atoms with Crippen LogP contribution in [0.4, 0.5) is 0 Å². The smallest absolute Gasteiger partial charge is 0.407 e. The first kappa shape index (κ1) is 14.7. The highest BCUT2D eigenvalue weighted by atomic mass is 79.9. The SMILES string of the molecule is CC(C)/C=C/B(OCCBr)OCCBr. The molecule has 0 saturated heterocycles. The number of halogens is 2. The minimum absolute atomic E-state index is 0.215. The number of hydrogen-bond donors (Lipinski definition) is 0. The number of alkyl halides is 2. The second-order valence-electron chi connectivity index (χ2n) is 3.12. The van der Waals surface area contributed by atoms with Gasteiger partial charge in [0.2, 0.25) is 0 Å². The second kappa shape index (κ2) is 10.2. The number of hydrogen-bond acceptors (Lipinski definition) is 2. The predicted molar refractivity (Wildman–Crippen MR) is 69.2 cm³/mol. The molecule has 0 aliphatic carbocycles. The molecule has 0 aliphatic rings. The molecule has 0 aliphatic heterocycles. The zero-order valence-corrected chi connectivity index (χ0v) is 11.9. The largest absolute Gasteiger partial charge is 0.485 e. The van der Waals surface area contributed by atoms with E-state index in [0.717, 1.165) is 10.7 Å². The summed E-state index contributed by atoms with van der Waals surface area (Å²) in [7, 11) is -0.215. The third-order valence-corrected chi connectivity index (χ3v) is 2.02. The van der Waals surface area contributed by atoms with E-state index in [1.54, 1.807) is 0 Å². The van der Waals surface area contributed by atoms with Gasteiger partial charge >= 0.3 is 7.12 Å². The summed E-state index contributed by atoms with van der Waals surface area (Å²) in [4.78, 5) is 0. The minimum Gasteiger partial charge on any atom is -0.407 e. The Hall–Kier alpha value is 0.685. The Kier molecular flexibility index (Phi) is 10.7. The fourth-order valence-electron chi connectivity index (χ4n) is 0.794. The van der Waals surface area contributed by atoms with Crippen LogP contribution in [0.15, 0.2) is 12.1 Å². The Morgan fingerprint density at radius 2 is 1.64 bits per heavy atom. The van der Waals surface area contributed by atoms with Gasteiger partial charge in [0.05, 0.1) is 0 Å². The van der Waals surface area contributed by atoms with Gasteiger partial charge in [-0.05, 0) is 5.92 Å². The van der Waals surface area contributed by atoms with Crippen LogP contribution in [0.25, 0.3) is 0 Å². The molecule has 0 aromatic rings. The van der Waals surface area contributed by atoms with Crippen molar-refractivity contribution in [3.8, 4) is 0 Å². The molecule has 0 aromatic heterocycles. The van der Waals surface area contributed by atoms with Gasteiger partial charge < -0.3 is 9.31 Å². The molecule has 0 saturated carbocycles. The summed E-state index contributed by atoms with van der Waals surface area (Å²) in [6.07, 6.45) is 2.09. The molecule has 0 spiro atoms. The zero-order chi connectivity index (χ0) is 10.8. The lowest BCUT2D eigenvalue weighted by Crippen LogP contribution is -2.23. The molecule has 0 fully saturated rings. The van der Waals surface area contributed by atoms with Crippen molar-refractivity contribution >= 4 is 39.0 Å². The van der Waals surface area contributed by atoms with E-state index in [4.69, 9.17) is 9.31 Å². The Labute approximate surface area is 104 Å². The quantitative estimate of drug-likeness (QED) is 0.504. The van der Waals surface area contributed by atoms with E-state index in [2.05, 4.69) is 51.8 Å². The van der Waals surface area contributed by atoms with Gasteiger partial charge in [0.15, 0.2) is 0 Å². The molecule has 0 radical (unpaired) electrons. The molecular formula is C9H17BBr2O2. The van der Waals surface area contributed by atoms with Crippen LogP contribution < -0.4 is 0 Å². The number of rotatable bonds is 8. The average Bonchev–Trinajstić information content (AvgIpc) is 2.16. The summed E-state index contributed by atoms with van der Waals surface area (Å²) in [5.74, 6) is 2.49. The fraction of sp³-hybridized carbons (Fsp3) is 0.778. The Morgan fingerprint density at radius 1 is 1.14 bits per heavy atom. The van der Waals surface area contributed by atoms with Crippen LogP contribution in [0.2, 0.25) is 0 Å². The van der Waals surface area contributed by atoms with Gasteiger partial charge in [-0.2, -0.15) is 0 Å². The van der Waals surface area contributed by atoms with Crippen LogP contribution in [0.1, 0.15) is 13.8 Å². The maximum absolute atomic E-state index is 5.47. The Morgan fingerprint density at radius 3 is 2.00 bits per heavy atom. The normalized spacial score (nSPS) is 11.5. The maximum Gasteiger partial charge on any atom is 0.485 e. The molecule has 0 N–H and O–H groups in total. The summed E-state index contributed by atoms with van der Waals surface area (Å²) >= 11 is 6.62. The summed E-state index contributed by atoms with van der Waals surface area (Å²) in [5, 5.41) is 1.66. The van der Waals surface area contributed by atoms with Crippen LogP contribution in [-0.2, 0) is 9.31 Å². The molecule has 0 rings (SSSR count). The number of allylic oxidation sites excluding steroid dienone is 1. The topological polar surface area (TPSA) is 18.5 Å². The van der Waals surface area contributed by atoms with Crippen LogP contribution in [-0.4, -0.2) is 31.0 Å². The summed E-state index contributed by atoms with van der Waals surface area (Å²) in [6, 6.07) is 0. The molecule has 0 atom stereocenters. The molecular weight excluding hydrogens is 311 g/mol. The van der Waals surface area contributed by atoms with Crippen LogP contribution in [0, 0.1) is 5.92 Å². The third-order valence-electron chi connectivity index (χ3n) is 1.37. The first-order valence-corrected chi connectivity index (χ1v) is 6.98. The highest BCUT2D eigenvalue weighted by Crippen LogP contribution is 1.99. The fourth-order valence-corrected chi connectivity index (χ4v) is 1.17. The van der Waals surface area contributed by atoms with Crippen molar-refractivity contribution in [1.29, 1.82) is 0 Å². The summed E-state index contributed by atoms with van der Waals surface area (Å²) in [5.41, 5.74) is 0. The third kappa shape index (κ3) is 9.25. The van der Waals surface area contributed by atoms with Crippen molar-refractivity contribution in [1.82, 2.24) is 0 Å². The molecule has 82 valence electrons. The van der Waals surface area contributed by atoms with Crippen LogP contribution in [0.5, 0.6) is 0 Å². The van der Waals surface area contributed by atoms with Crippen molar-refractivity contribution in [2.75, 3.05) is 23.9 Å². The van der Waals surface area contributed by atoms with E-state index in [0.29, 0.717) is 19.1 Å². The maximum atomic E-state index is 5.47. The lowest BCUT2D eigenvalue weighted by atomic mass is 9.88. The van der Waals surface area contributed by atoms with Gasteiger partial charge in [0.25, 0.3) is 0 Å². The Bertz CT molecular complexity index is 146. The van der Waals surface area contributed by atoms with E-state index < -0.39 is 0 Å². The van der Waals surface area contributed by atoms with Gasteiger partial charge in [-0.25, -0.2) is 0 Å². The minimum atomic E-state index is -0.215. The van der Waals surface area contributed by atoms with E-state index in [-0.39, 0.29) is 7.12 Å². The lowest BCUT2D eigenvalue weighted by Gasteiger charge is -2.09. The monoisotopic (exact) mass is 326 g/mol. The standard InChI is InChI=1S/C9H17BBr2O2/c1-9(2)3-4-10(13-7-5-11)14-8-6-12/h3-4,9H,5-8H2,1-2H3/b4-3+. The zero-order valence-electron chi connectivity index (χ0n) is 8.71. The lowest BCUT2D eigenvalue weighted by molar-refractivity contribution is 0.228. The van der Waals surface area contributed by atoms with Crippen molar-refractivity contribution in [3.05, 3.63) is 12.1 Å². The molecule has 5 heteroatoms. The molecule has 0 amide bonds. The molecule has 0 unspecified atom stereocenters. The van der Waals surface area contributed by atoms with E-state index in [1.807, 2.05) is 5.98 Å². The first-order chi connectivity index (χ1) is 6.70. The van der Waals surface area contributed by atoms with Crippen molar-refractivity contribution < 1.29 is 9.31 Å². The van der Waals surface area contributed by atoms with Gasteiger partial charge in [0, 0.05) is 23.9 Å². The second-order valence-corrected chi connectivity index (χ2v) is 4.70. The Balaban J connectivity index is 3.83. The van der Waals surface area contributed by atoms with Gasteiger partial charge in [-0.1, -0.05) is 57.8 Å². The van der Waals surface area contributed by atoms with E-state index in [9.17, 15) is 0 Å². The highest BCUT2D eigenvalue weighted by molar-refractivity contribution is 9.09. The van der Waals surface area contributed by atoms with Crippen molar-refractivity contribution in [2.24, 2.45) is 5.92 Å². The van der Waals surface area contributed by atoms with Crippen molar-refractivity contribution in [2.45, 2.75) is 13.8 Å². The van der Waals surface area contributed by atoms with Crippen molar-refractivity contribution in [3.63, 3.8) is 0 Å². The molecule has 0 aromatic carbocycles. The van der Waals surface area contributed by atoms with Crippen LogP contribution in [0.3, 0.4) is 0 Å². The summed E-state index contributed by atoms with van der Waals surface area (Å²) < 4.78 is 10.9. The molecule has 0 bridgehead atoms. The van der Waals surface area contributed by atoms with Crippen LogP contribution >= 0.6 is 31.9 Å². The van der Waals surface area contributed by atoms with Gasteiger partial charge in [-0.3, -0.25) is 0 Å². The summed E-state index contributed by atoms with van der Waals surface area (Å²) in [6.45, 7) is 5.58. The molecule has 0 heterocycles. The first-order valence-electron chi connectivity index (χ1n) is 4.74. The van der Waals surface area contributed by atoms with E-state index >= 15 is 0 Å². The highest BCUT2D eigenvalue weighted by Gasteiger charge is 2.13. The van der Waals surface area contributed by atoms with E-state index in [1.165, 1.54) is 0 Å².